The van der Waals surface area contributed by atoms with E-state index in [0.29, 0.717) is 17.8 Å². The summed E-state index contributed by atoms with van der Waals surface area (Å²) in [6.07, 6.45) is 0. The molecule has 0 bridgehead atoms. The van der Waals surface area contributed by atoms with Crippen molar-refractivity contribution < 1.29 is 8.78 Å². The number of aliphatic imine (C=N–C) groups is 1. The molecule has 3 rings (SSSR count). The van der Waals surface area contributed by atoms with Crippen LogP contribution < -0.4 is 10.6 Å². The van der Waals surface area contributed by atoms with E-state index in [1.807, 2.05) is 0 Å². The van der Waals surface area contributed by atoms with E-state index < -0.39 is 11.9 Å². The fourth-order valence-corrected chi connectivity index (χ4v) is 2.61. The van der Waals surface area contributed by atoms with Crippen LogP contribution in [0.3, 0.4) is 0 Å². The summed E-state index contributed by atoms with van der Waals surface area (Å²) in [5.74, 6) is -0.564. The van der Waals surface area contributed by atoms with Crippen molar-refractivity contribution in [1.29, 1.82) is 0 Å². The van der Waals surface area contributed by atoms with Crippen molar-refractivity contribution >= 4 is 23.2 Å². The minimum Gasteiger partial charge on any atom is -0.369 e. The third kappa shape index (κ3) is 2.45. The first-order chi connectivity index (χ1) is 10.1. The Labute approximate surface area is 125 Å². The molecule has 1 aliphatic rings. The second-order valence-corrected chi connectivity index (χ2v) is 5.11. The zero-order valence-corrected chi connectivity index (χ0v) is 11.7. The Balaban J connectivity index is 2.03. The summed E-state index contributed by atoms with van der Waals surface area (Å²) in [5, 5.41) is 0.0528. The van der Waals surface area contributed by atoms with Crippen LogP contribution in [0, 0.1) is 11.6 Å². The van der Waals surface area contributed by atoms with Gasteiger partial charge in [0.15, 0.2) is 5.96 Å². The van der Waals surface area contributed by atoms with Crippen LogP contribution in [-0.2, 0) is 0 Å². The van der Waals surface area contributed by atoms with Gasteiger partial charge in [0.2, 0.25) is 0 Å². The van der Waals surface area contributed by atoms with Crippen molar-refractivity contribution in [2.45, 2.75) is 6.04 Å². The summed E-state index contributed by atoms with van der Waals surface area (Å²) in [7, 11) is 0. The lowest BCUT2D eigenvalue weighted by Crippen LogP contribution is -2.36. The molecular weight excluding hydrogens is 296 g/mol. The van der Waals surface area contributed by atoms with Crippen LogP contribution in [0.5, 0.6) is 0 Å². The van der Waals surface area contributed by atoms with Crippen molar-refractivity contribution in [1.82, 2.24) is 0 Å². The van der Waals surface area contributed by atoms with Gasteiger partial charge in [-0.1, -0.05) is 23.7 Å². The molecule has 108 valence electrons. The van der Waals surface area contributed by atoms with E-state index >= 15 is 0 Å². The smallest absolute Gasteiger partial charge is 0.196 e. The fourth-order valence-electron chi connectivity index (χ4n) is 2.43. The summed E-state index contributed by atoms with van der Waals surface area (Å²) >= 11 is 5.83. The lowest BCUT2D eigenvalue weighted by molar-refractivity contribution is 0.589. The molecule has 0 fully saturated rings. The molecule has 2 aromatic carbocycles. The van der Waals surface area contributed by atoms with E-state index in [9.17, 15) is 8.78 Å². The second-order valence-electron chi connectivity index (χ2n) is 4.70. The van der Waals surface area contributed by atoms with Gasteiger partial charge in [-0.25, -0.2) is 8.78 Å². The Morgan fingerprint density at radius 1 is 1.14 bits per heavy atom. The van der Waals surface area contributed by atoms with Crippen LogP contribution in [0.4, 0.5) is 14.5 Å². The Kier molecular flexibility index (Phi) is 3.51. The average Bonchev–Trinajstić information content (AvgIpc) is 2.85. The molecule has 1 heterocycles. The molecule has 0 aliphatic carbocycles. The summed E-state index contributed by atoms with van der Waals surface area (Å²) < 4.78 is 27.3. The standard InChI is InChI=1S/C15H12ClF2N3/c16-12-3-1-2-11(14(12)18)13-8-20-15(19)21(13)10-6-4-9(17)5-7-10/h1-7,13H,8H2,(H2,19,20). The van der Waals surface area contributed by atoms with Gasteiger partial charge in [-0.05, 0) is 30.3 Å². The van der Waals surface area contributed by atoms with Gasteiger partial charge in [0.05, 0.1) is 17.6 Å². The van der Waals surface area contributed by atoms with Crippen molar-refractivity contribution in [2.24, 2.45) is 10.7 Å². The Bertz CT molecular complexity index is 701. The monoisotopic (exact) mass is 307 g/mol. The van der Waals surface area contributed by atoms with Gasteiger partial charge in [-0.15, -0.1) is 0 Å². The summed E-state index contributed by atoms with van der Waals surface area (Å²) in [4.78, 5) is 5.84. The molecule has 2 aromatic rings. The number of nitrogens with two attached hydrogens (primary N) is 1. The van der Waals surface area contributed by atoms with Crippen LogP contribution in [0.2, 0.25) is 5.02 Å². The molecule has 0 aromatic heterocycles. The molecule has 2 N–H and O–H groups in total. The summed E-state index contributed by atoms with van der Waals surface area (Å²) in [5.41, 5.74) is 6.96. The highest BCUT2D eigenvalue weighted by atomic mass is 35.5. The number of rotatable bonds is 2. The number of halogens is 3. The lowest BCUT2D eigenvalue weighted by atomic mass is 10.0. The molecule has 0 saturated heterocycles. The molecular formula is C15H12ClF2N3. The fraction of sp³-hybridized carbons (Fsp3) is 0.133. The molecule has 0 radical (unpaired) electrons. The van der Waals surface area contributed by atoms with Gasteiger partial charge < -0.3 is 10.6 Å². The predicted molar refractivity (Wildman–Crippen MR) is 79.5 cm³/mol. The van der Waals surface area contributed by atoms with Gasteiger partial charge in [-0.3, -0.25) is 4.99 Å². The van der Waals surface area contributed by atoms with E-state index in [4.69, 9.17) is 17.3 Å². The minimum atomic E-state index is -0.485. The summed E-state index contributed by atoms with van der Waals surface area (Å²) in [6, 6.07) is 10.2. The van der Waals surface area contributed by atoms with Crippen LogP contribution in [0.1, 0.15) is 11.6 Å². The number of benzene rings is 2. The van der Waals surface area contributed by atoms with E-state index in [0.717, 1.165) is 0 Å². The number of anilines is 1. The molecule has 0 saturated carbocycles. The predicted octanol–water partition coefficient (Wildman–Crippen LogP) is 3.49. The van der Waals surface area contributed by atoms with Gasteiger partial charge in [-0.2, -0.15) is 0 Å². The first kappa shape index (κ1) is 13.8. The van der Waals surface area contributed by atoms with E-state index in [2.05, 4.69) is 4.99 Å². The summed E-state index contributed by atoms with van der Waals surface area (Å²) in [6.45, 7) is 0.320. The van der Waals surface area contributed by atoms with Crippen LogP contribution in [0.25, 0.3) is 0 Å². The number of hydrogen-bond acceptors (Lipinski definition) is 3. The van der Waals surface area contributed by atoms with Gasteiger partial charge in [0.1, 0.15) is 11.6 Å². The number of guanidine groups is 1. The highest BCUT2D eigenvalue weighted by molar-refractivity contribution is 6.30. The zero-order chi connectivity index (χ0) is 15.0. The minimum absolute atomic E-state index is 0.0528. The van der Waals surface area contributed by atoms with Crippen LogP contribution in [0.15, 0.2) is 47.5 Å². The SMILES string of the molecule is NC1=NCC(c2cccc(Cl)c2F)N1c1ccc(F)cc1. The first-order valence-electron chi connectivity index (χ1n) is 6.36. The quantitative estimate of drug-likeness (QED) is 0.922. The topological polar surface area (TPSA) is 41.6 Å². The third-order valence-corrected chi connectivity index (χ3v) is 3.72. The highest BCUT2D eigenvalue weighted by Gasteiger charge is 2.31. The number of hydrogen-bond donors (Lipinski definition) is 1. The molecule has 21 heavy (non-hydrogen) atoms. The maximum absolute atomic E-state index is 14.2. The van der Waals surface area contributed by atoms with Crippen molar-refractivity contribution in [3.63, 3.8) is 0 Å². The first-order valence-corrected chi connectivity index (χ1v) is 6.74. The van der Waals surface area contributed by atoms with Crippen molar-refractivity contribution in [3.05, 3.63) is 64.7 Å². The third-order valence-electron chi connectivity index (χ3n) is 3.43. The molecule has 0 amide bonds. The van der Waals surface area contributed by atoms with Gasteiger partial charge in [0, 0.05) is 11.3 Å². The van der Waals surface area contributed by atoms with E-state index in [1.165, 1.54) is 18.2 Å². The zero-order valence-electron chi connectivity index (χ0n) is 10.9. The van der Waals surface area contributed by atoms with Crippen LogP contribution >= 0.6 is 11.6 Å². The van der Waals surface area contributed by atoms with Crippen molar-refractivity contribution in [3.8, 4) is 0 Å². The van der Waals surface area contributed by atoms with E-state index in [1.54, 1.807) is 29.2 Å². The van der Waals surface area contributed by atoms with E-state index in [-0.39, 0.29) is 16.8 Å². The van der Waals surface area contributed by atoms with Crippen LogP contribution in [-0.4, -0.2) is 12.5 Å². The highest BCUT2D eigenvalue weighted by Crippen LogP contribution is 2.34. The Hall–Kier alpha value is -2.14. The molecule has 3 nitrogen and oxygen atoms in total. The largest absolute Gasteiger partial charge is 0.369 e. The van der Waals surface area contributed by atoms with Gasteiger partial charge >= 0.3 is 0 Å². The second kappa shape index (κ2) is 5.33. The lowest BCUT2D eigenvalue weighted by Gasteiger charge is -2.27. The maximum atomic E-state index is 14.2. The number of nitrogens with zero attached hydrogens (tertiary/aromatic N) is 2. The molecule has 6 heteroatoms. The molecule has 1 aliphatic heterocycles. The molecule has 0 spiro atoms. The molecule has 1 atom stereocenters. The normalized spacial score (nSPS) is 18.0. The van der Waals surface area contributed by atoms with Gasteiger partial charge in [0.25, 0.3) is 0 Å². The molecule has 1 unspecified atom stereocenters. The Morgan fingerprint density at radius 2 is 1.86 bits per heavy atom. The maximum Gasteiger partial charge on any atom is 0.196 e. The van der Waals surface area contributed by atoms with Crippen molar-refractivity contribution in [2.75, 3.05) is 11.4 Å². The average molecular weight is 308 g/mol. The Morgan fingerprint density at radius 3 is 2.57 bits per heavy atom.